The van der Waals surface area contributed by atoms with Gasteiger partial charge < -0.3 is 15.8 Å². The maximum absolute atomic E-state index is 14.0. The fraction of sp³-hybridized carbons (Fsp3) is 0.103. The topological polar surface area (TPSA) is 114 Å². The third kappa shape index (κ3) is 2.33. The van der Waals surface area contributed by atoms with Gasteiger partial charge in [0.05, 0.1) is 22.1 Å². The van der Waals surface area contributed by atoms with Crippen LogP contribution in [-0.4, -0.2) is 15.9 Å². The molecule has 4 aromatic carbocycles. The summed E-state index contributed by atoms with van der Waals surface area (Å²) in [4.78, 5) is 24.1. The molecule has 0 bridgehead atoms. The molecular formula is C29H19N5O2. The van der Waals surface area contributed by atoms with E-state index in [9.17, 15) is 10.1 Å². The molecule has 3 heterocycles. The van der Waals surface area contributed by atoms with Gasteiger partial charge in [0.25, 0.3) is 0 Å². The summed E-state index contributed by atoms with van der Waals surface area (Å²) in [6.45, 7) is 4.07. The first-order valence-electron chi connectivity index (χ1n) is 11.6. The van der Waals surface area contributed by atoms with Gasteiger partial charge in [-0.1, -0.05) is 42.5 Å². The number of amides is 1. The van der Waals surface area contributed by atoms with E-state index in [2.05, 4.69) is 11.4 Å². The molecule has 7 nitrogen and oxygen atoms in total. The Balaban J connectivity index is 1.77. The number of para-hydroxylation sites is 1. The molecule has 7 rings (SSSR count). The number of rotatable bonds is 0. The number of ether oxygens (including phenoxy) is 1. The third-order valence-corrected chi connectivity index (χ3v) is 7.41. The molecule has 3 N–H and O–H groups in total. The predicted molar refractivity (Wildman–Crippen MR) is 137 cm³/mol. The van der Waals surface area contributed by atoms with Gasteiger partial charge in [-0.05, 0) is 43.2 Å². The van der Waals surface area contributed by atoms with E-state index in [0.29, 0.717) is 39.1 Å². The van der Waals surface area contributed by atoms with Crippen LogP contribution in [0.15, 0.2) is 72.1 Å². The Labute approximate surface area is 205 Å². The molecule has 1 aromatic heterocycles. The number of carbonyl (C=O) groups excluding carboxylic acids is 1. The van der Waals surface area contributed by atoms with Crippen LogP contribution in [0.1, 0.15) is 22.3 Å². The van der Waals surface area contributed by atoms with E-state index < -0.39 is 5.41 Å². The minimum absolute atomic E-state index is 0.0380. The Hall–Kier alpha value is -4.96. The van der Waals surface area contributed by atoms with Crippen molar-refractivity contribution in [3.8, 4) is 11.8 Å². The van der Waals surface area contributed by atoms with Gasteiger partial charge in [0.2, 0.25) is 11.8 Å². The molecule has 1 amide bonds. The second-order valence-electron chi connectivity index (χ2n) is 9.30. The Morgan fingerprint density at radius 2 is 1.58 bits per heavy atom. The molecular weight excluding hydrogens is 450 g/mol. The molecule has 2 aliphatic rings. The fourth-order valence-corrected chi connectivity index (χ4v) is 5.62. The second-order valence-corrected chi connectivity index (χ2v) is 9.30. The number of nitrogens with one attached hydrogen (secondary N) is 1. The molecule has 0 aliphatic carbocycles. The van der Waals surface area contributed by atoms with E-state index in [0.717, 1.165) is 27.4 Å². The molecule has 1 spiro atoms. The van der Waals surface area contributed by atoms with E-state index in [1.165, 1.54) is 0 Å². The number of carbonyl (C=O) groups is 1. The minimum atomic E-state index is -1.52. The fourth-order valence-electron chi connectivity index (χ4n) is 5.62. The normalized spacial score (nSPS) is 18.3. The number of nitrogens with zero attached hydrogens (tertiary/aromatic N) is 3. The van der Waals surface area contributed by atoms with Gasteiger partial charge in [-0.2, -0.15) is 5.26 Å². The van der Waals surface area contributed by atoms with Crippen molar-refractivity contribution in [3.05, 3.63) is 94.4 Å². The molecule has 36 heavy (non-hydrogen) atoms. The number of fused-ring (bicyclic) bond motifs is 10. The van der Waals surface area contributed by atoms with Crippen LogP contribution in [0.3, 0.4) is 0 Å². The summed E-state index contributed by atoms with van der Waals surface area (Å²) in [5.41, 5.74) is 11.4. The quantitative estimate of drug-likeness (QED) is 0.247. The van der Waals surface area contributed by atoms with E-state index in [4.69, 9.17) is 20.4 Å². The summed E-state index contributed by atoms with van der Waals surface area (Å²) < 4.78 is 6.15. The van der Waals surface area contributed by atoms with E-state index in [1.54, 1.807) is 0 Å². The first-order chi connectivity index (χ1) is 17.4. The maximum atomic E-state index is 14.0. The number of aromatic nitrogens is 2. The smallest absolute Gasteiger partial charge is 0.245 e. The summed E-state index contributed by atoms with van der Waals surface area (Å²) in [5.74, 6) is -0.0492. The van der Waals surface area contributed by atoms with E-state index in [-0.39, 0.29) is 17.4 Å². The molecule has 1 unspecified atom stereocenters. The number of hydrogen-bond donors (Lipinski definition) is 2. The highest BCUT2D eigenvalue weighted by Gasteiger charge is 2.58. The van der Waals surface area contributed by atoms with Crippen LogP contribution >= 0.6 is 0 Å². The number of nitriles is 1. The van der Waals surface area contributed by atoms with Gasteiger partial charge in [0, 0.05) is 27.6 Å². The molecule has 7 heteroatoms. The highest BCUT2D eigenvalue weighted by Crippen LogP contribution is 2.56. The van der Waals surface area contributed by atoms with Crippen LogP contribution in [0, 0.1) is 25.2 Å². The van der Waals surface area contributed by atoms with Gasteiger partial charge in [-0.3, -0.25) is 4.79 Å². The summed E-state index contributed by atoms with van der Waals surface area (Å²) in [7, 11) is 0. The van der Waals surface area contributed by atoms with Crippen molar-refractivity contribution >= 4 is 44.4 Å². The monoisotopic (exact) mass is 469 g/mol. The van der Waals surface area contributed by atoms with Crippen molar-refractivity contribution in [2.75, 3.05) is 5.32 Å². The summed E-state index contributed by atoms with van der Waals surface area (Å²) >= 11 is 0. The van der Waals surface area contributed by atoms with Gasteiger partial charge in [0.15, 0.2) is 0 Å². The number of aryl methyl sites for hydroxylation is 2. The number of hydrogen-bond acceptors (Lipinski definition) is 6. The molecule has 1 atom stereocenters. The molecule has 0 radical (unpaired) electrons. The lowest BCUT2D eigenvalue weighted by atomic mass is 9.68. The van der Waals surface area contributed by atoms with Crippen LogP contribution in [0.25, 0.3) is 32.8 Å². The molecule has 0 fully saturated rings. The SMILES string of the molecule is Cc1cc2nc3c4c(c5ccccc5c3nc2cc1C)OC(N)=C(C#N)C41C(=O)Nc2ccccc21. The lowest BCUT2D eigenvalue weighted by Gasteiger charge is -2.35. The minimum Gasteiger partial charge on any atom is -0.439 e. The number of benzene rings is 4. The van der Waals surface area contributed by atoms with Crippen molar-refractivity contribution in [1.29, 1.82) is 5.26 Å². The average Bonchev–Trinajstić information content (AvgIpc) is 3.16. The van der Waals surface area contributed by atoms with Gasteiger partial charge in [-0.15, -0.1) is 0 Å². The number of anilines is 1. The lowest BCUT2D eigenvalue weighted by molar-refractivity contribution is -0.118. The second kappa shape index (κ2) is 6.80. The van der Waals surface area contributed by atoms with Crippen molar-refractivity contribution in [2.24, 2.45) is 5.73 Å². The number of nitrogens with two attached hydrogens (primary N) is 1. The maximum Gasteiger partial charge on any atom is 0.245 e. The molecule has 5 aromatic rings. The molecule has 2 aliphatic heterocycles. The zero-order valence-electron chi connectivity index (χ0n) is 19.5. The predicted octanol–water partition coefficient (Wildman–Crippen LogP) is 4.88. The van der Waals surface area contributed by atoms with Gasteiger partial charge in [-0.25, -0.2) is 9.97 Å². The first-order valence-corrected chi connectivity index (χ1v) is 11.6. The average molecular weight is 470 g/mol. The lowest BCUT2D eigenvalue weighted by Crippen LogP contribution is -2.42. The van der Waals surface area contributed by atoms with Gasteiger partial charge >= 0.3 is 0 Å². The van der Waals surface area contributed by atoms with Crippen LogP contribution in [-0.2, 0) is 10.2 Å². The Bertz CT molecular complexity index is 1920. The summed E-state index contributed by atoms with van der Waals surface area (Å²) in [6.07, 6.45) is 0. The van der Waals surface area contributed by atoms with Crippen LogP contribution in [0.2, 0.25) is 0 Å². The molecule has 172 valence electrons. The third-order valence-electron chi connectivity index (χ3n) is 7.41. The first kappa shape index (κ1) is 20.4. The summed E-state index contributed by atoms with van der Waals surface area (Å²) in [5, 5.41) is 14.8. The van der Waals surface area contributed by atoms with Crippen molar-refractivity contribution in [2.45, 2.75) is 19.3 Å². The van der Waals surface area contributed by atoms with E-state index in [1.807, 2.05) is 74.5 Å². The van der Waals surface area contributed by atoms with Crippen LogP contribution in [0.5, 0.6) is 5.75 Å². The Morgan fingerprint density at radius 3 is 2.31 bits per heavy atom. The Kier molecular flexibility index (Phi) is 3.86. The van der Waals surface area contributed by atoms with Crippen LogP contribution in [0.4, 0.5) is 5.69 Å². The molecule has 0 saturated carbocycles. The largest absolute Gasteiger partial charge is 0.439 e. The van der Waals surface area contributed by atoms with Crippen molar-refractivity contribution < 1.29 is 9.53 Å². The zero-order valence-corrected chi connectivity index (χ0v) is 19.5. The van der Waals surface area contributed by atoms with Crippen LogP contribution < -0.4 is 15.8 Å². The molecule has 0 saturated heterocycles. The summed E-state index contributed by atoms with van der Waals surface area (Å²) in [6, 6.07) is 21.2. The zero-order chi connectivity index (χ0) is 24.8. The highest BCUT2D eigenvalue weighted by atomic mass is 16.5. The van der Waals surface area contributed by atoms with Crippen molar-refractivity contribution in [3.63, 3.8) is 0 Å². The van der Waals surface area contributed by atoms with Crippen molar-refractivity contribution in [1.82, 2.24) is 9.97 Å². The standard InChI is InChI=1S/C29H19N5O2/c1-14-11-21-22(12-15(14)2)33-25-23-26(17-8-4-3-7-16(17)24(25)32-21)36-27(31)19(13-30)29(23)18-9-5-6-10-20(18)34-28(29)35/h3-12H,31H2,1-2H3,(H,34,35). The highest BCUT2D eigenvalue weighted by molar-refractivity contribution is 6.19. The Morgan fingerprint density at radius 1 is 0.944 bits per heavy atom. The van der Waals surface area contributed by atoms with E-state index >= 15 is 0 Å². The van der Waals surface area contributed by atoms with Gasteiger partial charge in [0.1, 0.15) is 22.8 Å².